The second-order valence-corrected chi connectivity index (χ2v) is 6.76. The number of hydrogen-bond acceptors (Lipinski definition) is 4. The molecule has 0 bridgehead atoms. The topological polar surface area (TPSA) is 69.4 Å². The molecular formula is C14H13ClFNO3S. The smallest absolute Gasteiger partial charge is 0.184 e. The zero-order valence-corrected chi connectivity index (χ0v) is 12.7. The zero-order chi connectivity index (χ0) is 15.6. The van der Waals surface area contributed by atoms with Crippen LogP contribution in [0.5, 0.6) is 5.75 Å². The molecule has 7 heteroatoms. The highest BCUT2D eigenvalue weighted by Crippen LogP contribution is 2.29. The first-order valence-electron chi connectivity index (χ1n) is 5.93. The van der Waals surface area contributed by atoms with E-state index in [1.807, 2.05) is 0 Å². The SMILES string of the molecule is COc1ccc(N)c(S(=O)(=O)Cc2cc(F)ccc2Cl)c1. The molecule has 112 valence electrons. The second-order valence-electron chi connectivity index (χ2n) is 4.40. The number of hydrogen-bond donors (Lipinski definition) is 1. The van der Waals surface area contributed by atoms with Crippen molar-refractivity contribution in [2.75, 3.05) is 12.8 Å². The summed E-state index contributed by atoms with van der Waals surface area (Å²) in [5.74, 6) is -0.627. The summed E-state index contributed by atoms with van der Waals surface area (Å²) in [6.07, 6.45) is 0. The van der Waals surface area contributed by atoms with Gasteiger partial charge in [0.15, 0.2) is 9.84 Å². The van der Waals surface area contributed by atoms with Crippen LogP contribution in [0.4, 0.5) is 10.1 Å². The Balaban J connectivity index is 2.45. The van der Waals surface area contributed by atoms with Crippen LogP contribution in [0.1, 0.15) is 5.56 Å². The first-order valence-corrected chi connectivity index (χ1v) is 7.96. The van der Waals surface area contributed by atoms with Gasteiger partial charge < -0.3 is 10.5 Å². The fourth-order valence-electron chi connectivity index (χ4n) is 1.85. The number of sulfone groups is 1. The maximum Gasteiger partial charge on any atom is 0.184 e. The van der Waals surface area contributed by atoms with Crippen LogP contribution in [0.15, 0.2) is 41.3 Å². The molecule has 0 heterocycles. The molecule has 0 radical (unpaired) electrons. The van der Waals surface area contributed by atoms with Gasteiger partial charge in [-0.15, -0.1) is 0 Å². The minimum Gasteiger partial charge on any atom is -0.497 e. The van der Waals surface area contributed by atoms with Crippen molar-refractivity contribution in [3.05, 3.63) is 52.8 Å². The molecule has 0 aliphatic carbocycles. The van der Waals surface area contributed by atoms with E-state index in [0.717, 1.165) is 6.07 Å². The molecule has 0 aliphatic heterocycles. The molecule has 2 rings (SSSR count). The quantitative estimate of drug-likeness (QED) is 0.875. The molecule has 0 fully saturated rings. The lowest BCUT2D eigenvalue weighted by atomic mass is 10.2. The van der Waals surface area contributed by atoms with Crippen molar-refractivity contribution in [2.45, 2.75) is 10.6 Å². The van der Waals surface area contributed by atoms with Crippen LogP contribution in [0.2, 0.25) is 5.02 Å². The summed E-state index contributed by atoms with van der Waals surface area (Å²) in [7, 11) is -2.35. The van der Waals surface area contributed by atoms with Gasteiger partial charge in [-0.1, -0.05) is 11.6 Å². The molecule has 2 aromatic carbocycles. The van der Waals surface area contributed by atoms with Gasteiger partial charge in [0.25, 0.3) is 0 Å². The van der Waals surface area contributed by atoms with E-state index in [9.17, 15) is 12.8 Å². The minimum atomic E-state index is -3.77. The van der Waals surface area contributed by atoms with Crippen LogP contribution >= 0.6 is 11.6 Å². The van der Waals surface area contributed by atoms with Gasteiger partial charge in [-0.2, -0.15) is 0 Å². The van der Waals surface area contributed by atoms with Crippen molar-refractivity contribution in [1.82, 2.24) is 0 Å². The monoisotopic (exact) mass is 329 g/mol. The van der Waals surface area contributed by atoms with Crippen LogP contribution < -0.4 is 10.5 Å². The largest absolute Gasteiger partial charge is 0.497 e. The van der Waals surface area contributed by atoms with Gasteiger partial charge in [0.1, 0.15) is 11.6 Å². The molecule has 0 spiro atoms. The van der Waals surface area contributed by atoms with Crippen LogP contribution in [-0.4, -0.2) is 15.5 Å². The summed E-state index contributed by atoms with van der Waals surface area (Å²) in [5.41, 5.74) is 5.99. The van der Waals surface area contributed by atoms with Crippen LogP contribution in [0, 0.1) is 5.82 Å². The van der Waals surface area contributed by atoms with E-state index in [0.29, 0.717) is 5.75 Å². The summed E-state index contributed by atoms with van der Waals surface area (Å²) >= 11 is 5.90. The van der Waals surface area contributed by atoms with Gasteiger partial charge in [-0.3, -0.25) is 0 Å². The highest BCUT2D eigenvalue weighted by Gasteiger charge is 2.21. The minimum absolute atomic E-state index is 0.0674. The Morgan fingerprint density at radius 2 is 1.95 bits per heavy atom. The average molecular weight is 330 g/mol. The molecule has 4 nitrogen and oxygen atoms in total. The van der Waals surface area contributed by atoms with Gasteiger partial charge in [0.2, 0.25) is 0 Å². The molecule has 0 aliphatic rings. The molecule has 0 aromatic heterocycles. The maximum absolute atomic E-state index is 13.2. The van der Waals surface area contributed by atoms with E-state index in [-0.39, 0.29) is 21.2 Å². The third-order valence-electron chi connectivity index (χ3n) is 2.91. The Kier molecular flexibility index (Phi) is 4.39. The molecule has 0 atom stereocenters. The highest BCUT2D eigenvalue weighted by molar-refractivity contribution is 7.90. The number of anilines is 1. The van der Waals surface area contributed by atoms with Gasteiger partial charge in [0, 0.05) is 11.1 Å². The first kappa shape index (κ1) is 15.6. The zero-order valence-electron chi connectivity index (χ0n) is 11.1. The van der Waals surface area contributed by atoms with Crippen molar-refractivity contribution in [2.24, 2.45) is 0 Å². The summed E-state index contributed by atoms with van der Waals surface area (Å²) < 4.78 is 43.1. The van der Waals surface area contributed by atoms with Gasteiger partial charge >= 0.3 is 0 Å². The van der Waals surface area contributed by atoms with Crippen molar-refractivity contribution in [3.8, 4) is 5.75 Å². The summed E-state index contributed by atoms with van der Waals surface area (Å²) in [6, 6.07) is 7.91. The molecule has 2 aromatic rings. The average Bonchev–Trinajstić information content (AvgIpc) is 2.43. The highest BCUT2D eigenvalue weighted by atomic mass is 35.5. The predicted octanol–water partition coefficient (Wildman–Crippen LogP) is 3.04. The van der Waals surface area contributed by atoms with E-state index in [4.69, 9.17) is 22.1 Å². The van der Waals surface area contributed by atoms with E-state index in [2.05, 4.69) is 0 Å². The van der Waals surface area contributed by atoms with Crippen molar-refractivity contribution in [1.29, 1.82) is 0 Å². The number of nitrogen functional groups attached to an aromatic ring is 1. The van der Waals surface area contributed by atoms with Crippen molar-refractivity contribution < 1.29 is 17.5 Å². The lowest BCUT2D eigenvalue weighted by Gasteiger charge is -2.10. The molecule has 2 N–H and O–H groups in total. The Morgan fingerprint density at radius 3 is 2.62 bits per heavy atom. The van der Waals surface area contributed by atoms with E-state index >= 15 is 0 Å². The van der Waals surface area contributed by atoms with Gasteiger partial charge in [-0.25, -0.2) is 12.8 Å². The lowest BCUT2D eigenvalue weighted by molar-refractivity contribution is 0.413. The Bertz CT molecular complexity index is 778. The van der Waals surface area contributed by atoms with Crippen molar-refractivity contribution >= 4 is 27.1 Å². The van der Waals surface area contributed by atoms with Crippen molar-refractivity contribution in [3.63, 3.8) is 0 Å². The molecular weight excluding hydrogens is 317 g/mol. The number of nitrogens with two attached hydrogens (primary N) is 1. The molecule has 21 heavy (non-hydrogen) atoms. The number of halogens is 2. The second kappa shape index (κ2) is 5.91. The normalized spacial score (nSPS) is 11.4. The Morgan fingerprint density at radius 1 is 1.24 bits per heavy atom. The number of ether oxygens (including phenoxy) is 1. The number of methoxy groups -OCH3 is 1. The third-order valence-corrected chi connectivity index (χ3v) is 4.99. The standard InChI is InChI=1S/C14H13ClFNO3S/c1-20-11-3-5-13(17)14(7-11)21(18,19)8-9-6-10(16)2-4-12(9)15/h2-7H,8,17H2,1H3. The van der Waals surface area contributed by atoms with Gasteiger partial charge in [0.05, 0.1) is 23.4 Å². The number of rotatable bonds is 4. The van der Waals surface area contributed by atoms with Crippen LogP contribution in [0.25, 0.3) is 0 Å². The molecule has 0 saturated carbocycles. The lowest BCUT2D eigenvalue weighted by Crippen LogP contribution is -2.09. The molecule has 0 unspecified atom stereocenters. The molecule has 0 saturated heterocycles. The third kappa shape index (κ3) is 3.46. The van der Waals surface area contributed by atoms with Crippen LogP contribution in [-0.2, 0) is 15.6 Å². The summed E-state index contributed by atoms with van der Waals surface area (Å²) in [6.45, 7) is 0. The fourth-order valence-corrected chi connectivity index (χ4v) is 3.64. The summed E-state index contributed by atoms with van der Waals surface area (Å²) in [5, 5.41) is 0.182. The fraction of sp³-hybridized carbons (Fsp3) is 0.143. The first-order chi connectivity index (χ1) is 9.83. The molecule has 0 amide bonds. The van der Waals surface area contributed by atoms with E-state index < -0.39 is 21.4 Å². The predicted molar refractivity (Wildman–Crippen MR) is 79.7 cm³/mol. The van der Waals surface area contributed by atoms with Crippen LogP contribution in [0.3, 0.4) is 0 Å². The summed E-state index contributed by atoms with van der Waals surface area (Å²) in [4.78, 5) is -0.0674. The van der Waals surface area contributed by atoms with E-state index in [1.54, 1.807) is 6.07 Å². The van der Waals surface area contributed by atoms with E-state index in [1.165, 1.54) is 31.4 Å². The Labute approximate surface area is 127 Å². The maximum atomic E-state index is 13.2. The number of benzene rings is 2. The Hall–Kier alpha value is -1.79. The van der Waals surface area contributed by atoms with Gasteiger partial charge in [-0.05, 0) is 35.9 Å².